The third kappa shape index (κ3) is 37.0. The molecule has 4 amide bonds. The molecular formula is C55H120N6O6. The second-order valence-electron chi connectivity index (χ2n) is 20.2. The molecule has 3 atom stereocenters. The SMILES string of the molecule is C.C.C.C.C.C.CC(=O)N1CCCC(C)C1.CC(=O)N1CCCCC1C.CC1CCCN(C)C1.CC1CCN(C(=O)OC(C)(C)C)CC1.CC1CCNCC1.CCOC(=O)N1CCC(C)CC1. The molecule has 6 aliphatic heterocycles. The minimum atomic E-state index is -0.375. The Labute approximate surface area is 419 Å². The van der Waals surface area contributed by atoms with Gasteiger partial charge in [-0.15, -0.1) is 0 Å². The summed E-state index contributed by atoms with van der Waals surface area (Å²) >= 11 is 0. The van der Waals surface area contributed by atoms with E-state index in [4.69, 9.17) is 9.47 Å². The Balaban J connectivity index is -0.000000166. The normalized spacial score (nSPS) is 22.1. The number of amides is 4. The molecule has 12 nitrogen and oxygen atoms in total. The van der Waals surface area contributed by atoms with Crippen LogP contribution in [0.4, 0.5) is 9.59 Å². The van der Waals surface area contributed by atoms with E-state index in [0.717, 1.165) is 95.2 Å². The second-order valence-corrected chi connectivity index (χ2v) is 20.2. The molecule has 0 aromatic carbocycles. The van der Waals surface area contributed by atoms with Crippen LogP contribution in [0.25, 0.3) is 0 Å². The van der Waals surface area contributed by atoms with Crippen molar-refractivity contribution in [1.82, 2.24) is 29.8 Å². The second kappa shape index (κ2) is 42.3. The summed E-state index contributed by atoms with van der Waals surface area (Å²) in [5, 5.41) is 3.32. The minimum Gasteiger partial charge on any atom is -0.450 e. The largest absolute Gasteiger partial charge is 0.450 e. The predicted molar refractivity (Wildman–Crippen MR) is 292 cm³/mol. The molecule has 6 fully saturated rings. The molecule has 0 aliphatic carbocycles. The van der Waals surface area contributed by atoms with Gasteiger partial charge in [-0.05, 0) is 174 Å². The Bertz CT molecular complexity index is 1190. The minimum absolute atomic E-state index is 0. The van der Waals surface area contributed by atoms with Crippen molar-refractivity contribution < 1.29 is 28.7 Å². The predicted octanol–water partition coefficient (Wildman–Crippen LogP) is 13.4. The summed E-state index contributed by atoms with van der Waals surface area (Å²) in [6, 6.07) is 0.478. The van der Waals surface area contributed by atoms with Crippen molar-refractivity contribution >= 4 is 24.0 Å². The van der Waals surface area contributed by atoms with Gasteiger partial charge in [0.2, 0.25) is 11.8 Å². The van der Waals surface area contributed by atoms with Crippen molar-refractivity contribution in [2.75, 3.05) is 85.6 Å². The number of rotatable bonds is 1. The summed E-state index contributed by atoms with van der Waals surface area (Å²) < 4.78 is 10.2. The maximum atomic E-state index is 11.6. The molecule has 0 saturated carbocycles. The third-order valence-corrected chi connectivity index (χ3v) is 12.5. The van der Waals surface area contributed by atoms with Crippen LogP contribution in [0.1, 0.15) is 211 Å². The molecule has 0 aromatic rings. The van der Waals surface area contributed by atoms with Gasteiger partial charge >= 0.3 is 12.2 Å². The van der Waals surface area contributed by atoms with Crippen LogP contribution in [0.5, 0.6) is 0 Å². The molecule has 0 spiro atoms. The Hall–Kier alpha value is -2.60. The lowest BCUT2D eigenvalue weighted by molar-refractivity contribution is -0.132. The van der Waals surface area contributed by atoms with Crippen molar-refractivity contribution in [3.05, 3.63) is 0 Å². The summed E-state index contributed by atoms with van der Waals surface area (Å²) in [7, 11) is 2.20. The van der Waals surface area contributed by atoms with Gasteiger partial charge in [-0.25, -0.2) is 9.59 Å². The van der Waals surface area contributed by atoms with Crippen LogP contribution < -0.4 is 5.32 Å². The highest BCUT2D eigenvalue weighted by atomic mass is 16.6. The molecule has 6 heterocycles. The fourth-order valence-corrected chi connectivity index (χ4v) is 8.36. The average Bonchev–Trinajstić information content (AvgIpc) is 3.19. The summed E-state index contributed by atoms with van der Waals surface area (Å²) in [5.74, 6) is 4.58. The molecule has 0 aromatic heterocycles. The van der Waals surface area contributed by atoms with E-state index >= 15 is 0 Å². The Kier molecular flexibility index (Phi) is 47.9. The number of ether oxygens (including phenoxy) is 2. The topological polar surface area (TPSA) is 115 Å². The van der Waals surface area contributed by atoms with Crippen molar-refractivity contribution in [1.29, 1.82) is 0 Å². The van der Waals surface area contributed by atoms with E-state index < -0.39 is 0 Å². The van der Waals surface area contributed by atoms with Gasteiger partial charge in [0, 0.05) is 72.2 Å². The molecule has 6 saturated heterocycles. The third-order valence-electron chi connectivity index (χ3n) is 12.5. The number of carbonyl (C=O) groups is 4. The lowest BCUT2D eigenvalue weighted by Crippen LogP contribution is -2.41. The van der Waals surface area contributed by atoms with Crippen LogP contribution in [0, 0.1) is 29.6 Å². The van der Waals surface area contributed by atoms with E-state index in [-0.39, 0.29) is 74.2 Å². The number of nitrogens with zero attached hydrogens (tertiary/aromatic N) is 5. The standard InChI is InChI=1S/C11H21NO2.C9H17NO2.2C8H15NO.C7H15N.C6H13N.6CH4/c1-9-5-7-12(8-6-9)10(13)14-11(2,3)4;1-3-12-9(11)10-6-4-8(2)5-7-10;1-7-4-3-5-9(6-7)8(2)10;1-7-5-3-4-6-9(7)8(2)10;1-7-4-3-5-8(2)6-7;1-6-2-4-7-5-3-6;;;;;;/h9H,5-8H2,1-4H3;8H,3-7H2,1-2H3;2*7H,3-6H2,1-2H3;7H,3-6H2,1-2H3;6-7H,2-5H2,1H3;6*1H4. The lowest BCUT2D eigenvalue weighted by Gasteiger charge is -2.32. The van der Waals surface area contributed by atoms with E-state index in [2.05, 4.69) is 58.8 Å². The van der Waals surface area contributed by atoms with Crippen molar-refractivity contribution in [3.63, 3.8) is 0 Å². The van der Waals surface area contributed by atoms with Gasteiger partial charge in [-0.2, -0.15) is 0 Å². The molecule has 3 unspecified atom stereocenters. The first-order valence-electron chi connectivity index (χ1n) is 24.5. The number of likely N-dealkylation sites (tertiary alicyclic amines) is 5. The highest BCUT2D eigenvalue weighted by Crippen LogP contribution is 2.20. The van der Waals surface area contributed by atoms with Crippen molar-refractivity contribution in [3.8, 4) is 0 Å². The maximum Gasteiger partial charge on any atom is 0.410 e. The summed E-state index contributed by atoms with van der Waals surface area (Å²) in [6.45, 7) is 36.2. The molecular weight excluding hydrogens is 841 g/mol. The van der Waals surface area contributed by atoms with E-state index in [9.17, 15) is 19.2 Å². The Morgan fingerprint density at radius 3 is 1.27 bits per heavy atom. The molecule has 6 aliphatic rings. The maximum absolute atomic E-state index is 11.6. The van der Waals surface area contributed by atoms with Gasteiger partial charge in [-0.1, -0.05) is 79.2 Å². The van der Waals surface area contributed by atoms with Crippen LogP contribution in [0.15, 0.2) is 0 Å². The summed E-state index contributed by atoms with van der Waals surface area (Å²) in [6.07, 6.45) is 15.8. The molecule has 406 valence electrons. The number of carbonyl (C=O) groups excluding carboxylic acids is 4. The quantitative estimate of drug-likeness (QED) is 0.276. The zero-order valence-electron chi connectivity index (χ0n) is 41.8. The number of nitrogens with one attached hydrogen (secondary N) is 1. The fraction of sp³-hybridized carbons (Fsp3) is 0.927. The summed E-state index contributed by atoms with van der Waals surface area (Å²) in [4.78, 5) is 54.6. The van der Waals surface area contributed by atoms with Gasteiger partial charge in [0.1, 0.15) is 5.60 Å². The highest BCUT2D eigenvalue weighted by Gasteiger charge is 2.25. The van der Waals surface area contributed by atoms with Gasteiger partial charge in [0.25, 0.3) is 0 Å². The monoisotopic (exact) mass is 961 g/mol. The van der Waals surface area contributed by atoms with E-state index in [1.54, 1.807) is 18.7 Å². The molecule has 6 rings (SSSR count). The van der Waals surface area contributed by atoms with Gasteiger partial charge in [0.05, 0.1) is 6.61 Å². The average molecular weight is 962 g/mol. The highest BCUT2D eigenvalue weighted by molar-refractivity contribution is 5.74. The Morgan fingerprint density at radius 2 is 0.955 bits per heavy atom. The molecule has 0 bridgehead atoms. The number of hydrogen-bond donors (Lipinski definition) is 1. The smallest absolute Gasteiger partial charge is 0.410 e. The van der Waals surface area contributed by atoms with Crippen LogP contribution in [0.2, 0.25) is 0 Å². The first kappa shape index (κ1) is 75.9. The van der Waals surface area contributed by atoms with E-state index in [0.29, 0.717) is 18.6 Å². The van der Waals surface area contributed by atoms with E-state index in [1.165, 1.54) is 84.0 Å². The summed E-state index contributed by atoms with van der Waals surface area (Å²) in [5.41, 5.74) is -0.375. The lowest BCUT2D eigenvalue weighted by atomic mass is 10.00. The Morgan fingerprint density at radius 1 is 0.507 bits per heavy atom. The zero-order valence-corrected chi connectivity index (χ0v) is 41.8. The first-order valence-corrected chi connectivity index (χ1v) is 24.5. The molecule has 67 heavy (non-hydrogen) atoms. The van der Waals surface area contributed by atoms with E-state index in [1.807, 2.05) is 42.4 Å². The number of piperidine rings is 6. The van der Waals surface area contributed by atoms with Gasteiger partial charge < -0.3 is 39.3 Å². The molecule has 1 N–H and O–H groups in total. The van der Waals surface area contributed by atoms with Crippen molar-refractivity contribution in [2.45, 2.75) is 223 Å². The van der Waals surface area contributed by atoms with Crippen molar-refractivity contribution in [2.24, 2.45) is 29.6 Å². The first-order chi connectivity index (χ1) is 28.7. The fourth-order valence-electron chi connectivity index (χ4n) is 8.36. The van der Waals surface area contributed by atoms with Crippen LogP contribution in [0.3, 0.4) is 0 Å². The number of hydrogen-bond acceptors (Lipinski definition) is 8. The van der Waals surface area contributed by atoms with Crippen LogP contribution in [-0.4, -0.2) is 146 Å². The zero-order chi connectivity index (χ0) is 46.0. The molecule has 12 heteroatoms. The van der Waals surface area contributed by atoms with Crippen LogP contribution in [-0.2, 0) is 19.1 Å². The van der Waals surface area contributed by atoms with Crippen LogP contribution >= 0.6 is 0 Å². The van der Waals surface area contributed by atoms with Gasteiger partial charge in [0.15, 0.2) is 0 Å². The molecule has 0 radical (unpaired) electrons. The van der Waals surface area contributed by atoms with Gasteiger partial charge in [-0.3, -0.25) is 9.59 Å².